The molecule has 0 bridgehead atoms. The second-order valence-corrected chi connectivity index (χ2v) is 4.45. The van der Waals surface area contributed by atoms with Crippen molar-refractivity contribution < 1.29 is 17.9 Å². The molecule has 21 heavy (non-hydrogen) atoms. The van der Waals surface area contributed by atoms with Crippen LogP contribution in [0.4, 0.5) is 18.9 Å². The highest BCUT2D eigenvalue weighted by atomic mass is 35.5. The number of benzene rings is 1. The normalized spacial score (nSPS) is 12.4. The van der Waals surface area contributed by atoms with Gasteiger partial charge in [0, 0.05) is 25.9 Å². The SMILES string of the molecule is COCCCN=C(NN)Nc1ccc(Cl)c(C(F)(F)F)c1. The van der Waals surface area contributed by atoms with Crippen LogP contribution in [-0.4, -0.2) is 26.2 Å². The van der Waals surface area contributed by atoms with Crippen LogP contribution < -0.4 is 16.6 Å². The molecule has 0 saturated carbocycles. The molecule has 0 heterocycles. The number of halogens is 4. The molecule has 0 aliphatic carbocycles. The van der Waals surface area contributed by atoms with Gasteiger partial charge in [0.15, 0.2) is 0 Å². The fourth-order valence-electron chi connectivity index (χ4n) is 1.48. The Morgan fingerprint density at radius 1 is 1.43 bits per heavy atom. The molecule has 0 saturated heterocycles. The van der Waals surface area contributed by atoms with Gasteiger partial charge in [0.1, 0.15) is 0 Å². The Morgan fingerprint density at radius 3 is 2.71 bits per heavy atom. The molecule has 0 aliphatic heterocycles. The molecular weight excluding hydrogens is 309 g/mol. The molecule has 5 nitrogen and oxygen atoms in total. The third-order valence-electron chi connectivity index (χ3n) is 2.45. The fraction of sp³-hybridized carbons (Fsp3) is 0.417. The Hall–Kier alpha value is -1.51. The lowest BCUT2D eigenvalue weighted by Gasteiger charge is -2.13. The van der Waals surface area contributed by atoms with Crippen molar-refractivity contribution in [3.05, 3.63) is 28.8 Å². The van der Waals surface area contributed by atoms with Crippen molar-refractivity contribution in [2.24, 2.45) is 10.8 Å². The number of nitrogens with zero attached hydrogens (tertiary/aromatic N) is 1. The van der Waals surface area contributed by atoms with Crippen LogP contribution in [-0.2, 0) is 10.9 Å². The lowest BCUT2D eigenvalue weighted by molar-refractivity contribution is -0.137. The van der Waals surface area contributed by atoms with Gasteiger partial charge in [-0.3, -0.25) is 10.4 Å². The van der Waals surface area contributed by atoms with Crippen LogP contribution in [0.25, 0.3) is 0 Å². The van der Waals surface area contributed by atoms with E-state index in [1.54, 1.807) is 7.11 Å². The van der Waals surface area contributed by atoms with Gasteiger partial charge in [0.2, 0.25) is 5.96 Å². The zero-order valence-electron chi connectivity index (χ0n) is 11.3. The average molecular weight is 325 g/mol. The number of guanidine groups is 1. The maximum atomic E-state index is 12.7. The van der Waals surface area contributed by atoms with Crippen LogP contribution in [0.1, 0.15) is 12.0 Å². The van der Waals surface area contributed by atoms with E-state index in [2.05, 4.69) is 15.7 Å². The Morgan fingerprint density at radius 2 is 2.14 bits per heavy atom. The van der Waals surface area contributed by atoms with Crippen LogP contribution in [0.15, 0.2) is 23.2 Å². The summed E-state index contributed by atoms with van der Waals surface area (Å²) in [5.41, 5.74) is 1.53. The van der Waals surface area contributed by atoms with Gasteiger partial charge in [-0.1, -0.05) is 11.6 Å². The highest BCUT2D eigenvalue weighted by molar-refractivity contribution is 6.31. The van der Waals surface area contributed by atoms with Crippen LogP contribution in [0, 0.1) is 0 Å². The monoisotopic (exact) mass is 324 g/mol. The number of nitrogens with two attached hydrogens (primary N) is 1. The molecule has 1 aromatic rings. The summed E-state index contributed by atoms with van der Waals surface area (Å²) < 4.78 is 43.1. The smallest absolute Gasteiger partial charge is 0.385 e. The molecule has 1 rings (SSSR count). The fourth-order valence-corrected chi connectivity index (χ4v) is 1.70. The predicted octanol–water partition coefficient (Wildman–Crippen LogP) is 2.63. The summed E-state index contributed by atoms with van der Waals surface area (Å²) in [6.07, 6.45) is -3.86. The van der Waals surface area contributed by atoms with Crippen molar-refractivity contribution in [3.8, 4) is 0 Å². The minimum atomic E-state index is -4.53. The van der Waals surface area contributed by atoms with Gasteiger partial charge < -0.3 is 10.1 Å². The van der Waals surface area contributed by atoms with Gasteiger partial charge in [0.25, 0.3) is 0 Å². The first kappa shape index (κ1) is 17.5. The van der Waals surface area contributed by atoms with Crippen molar-refractivity contribution in [1.29, 1.82) is 0 Å². The lowest BCUT2D eigenvalue weighted by atomic mass is 10.2. The van der Waals surface area contributed by atoms with Crippen LogP contribution in [0.3, 0.4) is 0 Å². The summed E-state index contributed by atoms with van der Waals surface area (Å²) in [4.78, 5) is 4.06. The first-order valence-electron chi connectivity index (χ1n) is 6.02. The third-order valence-corrected chi connectivity index (χ3v) is 2.78. The van der Waals surface area contributed by atoms with Crippen molar-refractivity contribution in [3.63, 3.8) is 0 Å². The Labute approximate surface area is 125 Å². The number of alkyl halides is 3. The molecule has 118 valence electrons. The molecule has 1 aromatic carbocycles. The Kier molecular flexibility index (Phi) is 6.73. The van der Waals surface area contributed by atoms with Gasteiger partial charge in [-0.15, -0.1) is 0 Å². The van der Waals surface area contributed by atoms with Gasteiger partial charge in [-0.05, 0) is 24.6 Å². The molecule has 0 atom stereocenters. The highest BCUT2D eigenvalue weighted by Gasteiger charge is 2.33. The number of hydrogen-bond donors (Lipinski definition) is 3. The van der Waals surface area contributed by atoms with Crippen LogP contribution in [0.2, 0.25) is 5.02 Å². The van der Waals surface area contributed by atoms with Gasteiger partial charge >= 0.3 is 6.18 Å². The van der Waals surface area contributed by atoms with Crippen molar-refractivity contribution in [2.45, 2.75) is 12.6 Å². The van der Waals surface area contributed by atoms with E-state index in [0.717, 1.165) is 12.1 Å². The molecule has 0 aromatic heterocycles. The van der Waals surface area contributed by atoms with E-state index in [1.807, 2.05) is 0 Å². The summed E-state index contributed by atoms with van der Waals surface area (Å²) in [5, 5.41) is 2.29. The molecule has 9 heteroatoms. The van der Waals surface area contributed by atoms with E-state index in [4.69, 9.17) is 22.2 Å². The second-order valence-electron chi connectivity index (χ2n) is 4.04. The number of hydrogen-bond acceptors (Lipinski definition) is 3. The molecule has 0 spiro atoms. The molecule has 4 N–H and O–H groups in total. The number of rotatable bonds is 5. The van der Waals surface area contributed by atoms with Crippen molar-refractivity contribution in [1.82, 2.24) is 5.43 Å². The minimum Gasteiger partial charge on any atom is -0.385 e. The Balaban J connectivity index is 2.81. The van der Waals surface area contributed by atoms with Crippen LogP contribution in [0.5, 0.6) is 0 Å². The number of anilines is 1. The van der Waals surface area contributed by atoms with Crippen LogP contribution >= 0.6 is 11.6 Å². The maximum Gasteiger partial charge on any atom is 0.417 e. The number of nitrogens with one attached hydrogen (secondary N) is 2. The topological polar surface area (TPSA) is 71.7 Å². The van der Waals surface area contributed by atoms with E-state index in [-0.39, 0.29) is 16.7 Å². The van der Waals surface area contributed by atoms with Gasteiger partial charge in [-0.2, -0.15) is 13.2 Å². The van der Waals surface area contributed by atoms with E-state index >= 15 is 0 Å². The van der Waals surface area contributed by atoms with E-state index in [0.29, 0.717) is 19.6 Å². The molecular formula is C12H16ClF3N4O. The Bertz CT molecular complexity index is 494. The molecule has 0 amide bonds. The second kappa shape index (κ2) is 8.06. The average Bonchev–Trinajstić information content (AvgIpc) is 2.42. The summed E-state index contributed by atoms with van der Waals surface area (Å²) >= 11 is 5.54. The predicted molar refractivity (Wildman–Crippen MR) is 76.2 cm³/mol. The third kappa shape index (κ3) is 5.78. The van der Waals surface area contributed by atoms with Crippen molar-refractivity contribution >= 4 is 23.2 Å². The number of methoxy groups -OCH3 is 1. The quantitative estimate of drug-likeness (QED) is 0.256. The first-order valence-corrected chi connectivity index (χ1v) is 6.40. The number of hydrazine groups is 1. The van der Waals surface area contributed by atoms with E-state index in [1.165, 1.54) is 6.07 Å². The summed E-state index contributed by atoms with van der Waals surface area (Å²) in [5.74, 6) is 5.42. The lowest BCUT2D eigenvalue weighted by Crippen LogP contribution is -2.36. The summed E-state index contributed by atoms with van der Waals surface area (Å²) in [7, 11) is 1.57. The minimum absolute atomic E-state index is 0.154. The molecule has 0 aliphatic rings. The zero-order chi connectivity index (χ0) is 15.9. The molecule has 0 radical (unpaired) electrons. The molecule has 0 unspecified atom stereocenters. The van der Waals surface area contributed by atoms with Gasteiger partial charge in [-0.25, -0.2) is 5.84 Å². The number of aliphatic imine (C=N–C) groups is 1. The first-order chi connectivity index (χ1) is 9.88. The van der Waals surface area contributed by atoms with E-state index < -0.39 is 11.7 Å². The molecule has 0 fully saturated rings. The summed E-state index contributed by atoms with van der Waals surface area (Å²) in [6, 6.07) is 3.45. The largest absolute Gasteiger partial charge is 0.417 e. The van der Waals surface area contributed by atoms with Crippen molar-refractivity contribution in [2.75, 3.05) is 25.6 Å². The summed E-state index contributed by atoms with van der Waals surface area (Å²) in [6.45, 7) is 0.945. The highest BCUT2D eigenvalue weighted by Crippen LogP contribution is 2.36. The number of ether oxygens (including phenoxy) is 1. The van der Waals surface area contributed by atoms with E-state index in [9.17, 15) is 13.2 Å². The maximum absolute atomic E-state index is 12.7. The standard InChI is InChI=1S/C12H16ClF3N4O/c1-21-6-2-5-18-11(20-17)19-8-3-4-10(13)9(7-8)12(14,15)16/h3-4,7H,2,5-6,17H2,1H3,(H2,18,19,20). The van der Waals surface area contributed by atoms with Gasteiger partial charge in [0.05, 0.1) is 10.6 Å². The zero-order valence-corrected chi connectivity index (χ0v) is 12.1.